The van der Waals surface area contributed by atoms with Gasteiger partial charge in [-0.1, -0.05) is 6.92 Å². The van der Waals surface area contributed by atoms with E-state index in [9.17, 15) is 14.4 Å². The monoisotopic (exact) mass is 244 g/mol. The van der Waals surface area contributed by atoms with Gasteiger partial charge in [0.15, 0.2) is 0 Å². The zero-order valence-electron chi connectivity index (χ0n) is 10.5. The average Bonchev–Trinajstić information content (AvgIpc) is 2.28. The maximum atomic E-state index is 11.5. The standard InChI is InChI=1S/C11H20N2O4/c1-7(6-9(14)8(2)12)11(16)13-5-4-10(15)17-3/h7-8H,4-6,12H2,1-3H3,(H,13,16)/t7-,8+/m1/s1. The van der Waals surface area contributed by atoms with Crippen LogP contribution in [0.2, 0.25) is 0 Å². The van der Waals surface area contributed by atoms with Crippen molar-refractivity contribution in [3.8, 4) is 0 Å². The van der Waals surface area contributed by atoms with Crippen LogP contribution in [0.15, 0.2) is 0 Å². The van der Waals surface area contributed by atoms with E-state index in [0.717, 1.165) is 0 Å². The molecule has 17 heavy (non-hydrogen) atoms. The average molecular weight is 244 g/mol. The van der Waals surface area contributed by atoms with Crippen LogP contribution in [0.5, 0.6) is 0 Å². The predicted octanol–water partition coefficient (Wildman–Crippen LogP) is -0.392. The lowest BCUT2D eigenvalue weighted by Crippen LogP contribution is -2.35. The predicted molar refractivity (Wildman–Crippen MR) is 62.1 cm³/mol. The molecule has 2 atom stereocenters. The summed E-state index contributed by atoms with van der Waals surface area (Å²) in [4.78, 5) is 33.6. The van der Waals surface area contributed by atoms with Crippen molar-refractivity contribution in [3.05, 3.63) is 0 Å². The molecule has 0 heterocycles. The number of hydrogen-bond donors (Lipinski definition) is 2. The maximum Gasteiger partial charge on any atom is 0.307 e. The minimum Gasteiger partial charge on any atom is -0.469 e. The number of ether oxygens (including phenoxy) is 1. The number of carbonyl (C=O) groups excluding carboxylic acids is 3. The Morgan fingerprint density at radius 1 is 1.29 bits per heavy atom. The molecule has 0 aromatic carbocycles. The third-order valence-electron chi connectivity index (χ3n) is 2.32. The van der Waals surface area contributed by atoms with E-state index in [-0.39, 0.29) is 37.0 Å². The Labute approximate surface area is 101 Å². The SMILES string of the molecule is COC(=O)CCNC(=O)[C@H](C)CC(=O)[C@H](C)N. The Kier molecular flexibility index (Phi) is 7.13. The van der Waals surface area contributed by atoms with Crippen molar-refractivity contribution in [2.24, 2.45) is 11.7 Å². The second kappa shape index (κ2) is 7.78. The molecule has 98 valence electrons. The number of hydrogen-bond acceptors (Lipinski definition) is 5. The van der Waals surface area contributed by atoms with Crippen LogP contribution in [0, 0.1) is 5.92 Å². The molecule has 6 heteroatoms. The van der Waals surface area contributed by atoms with Gasteiger partial charge in [-0.15, -0.1) is 0 Å². The first kappa shape index (κ1) is 15.6. The minimum absolute atomic E-state index is 0.113. The highest BCUT2D eigenvalue weighted by Gasteiger charge is 2.18. The van der Waals surface area contributed by atoms with Gasteiger partial charge in [-0.3, -0.25) is 14.4 Å². The third-order valence-corrected chi connectivity index (χ3v) is 2.32. The van der Waals surface area contributed by atoms with Crippen LogP contribution < -0.4 is 11.1 Å². The molecular weight excluding hydrogens is 224 g/mol. The summed E-state index contributed by atoms with van der Waals surface area (Å²) in [5, 5.41) is 2.56. The van der Waals surface area contributed by atoms with Crippen molar-refractivity contribution in [2.45, 2.75) is 32.7 Å². The molecule has 0 saturated heterocycles. The number of nitrogens with one attached hydrogen (secondary N) is 1. The van der Waals surface area contributed by atoms with Gasteiger partial charge >= 0.3 is 5.97 Å². The van der Waals surface area contributed by atoms with Crippen LogP contribution in [0.25, 0.3) is 0 Å². The van der Waals surface area contributed by atoms with Crippen molar-refractivity contribution in [2.75, 3.05) is 13.7 Å². The van der Waals surface area contributed by atoms with Gasteiger partial charge in [0.05, 0.1) is 19.6 Å². The van der Waals surface area contributed by atoms with E-state index < -0.39 is 12.0 Å². The number of carbonyl (C=O) groups is 3. The van der Waals surface area contributed by atoms with E-state index in [1.165, 1.54) is 7.11 Å². The Bertz CT molecular complexity index is 289. The molecule has 0 rings (SSSR count). The minimum atomic E-state index is -0.555. The normalized spacial score (nSPS) is 13.6. The van der Waals surface area contributed by atoms with Crippen LogP contribution in [-0.4, -0.2) is 37.4 Å². The summed E-state index contributed by atoms with van der Waals surface area (Å²) in [5.74, 6) is -1.24. The number of rotatable bonds is 7. The lowest BCUT2D eigenvalue weighted by molar-refractivity contribution is -0.140. The van der Waals surface area contributed by atoms with Crippen molar-refractivity contribution < 1.29 is 19.1 Å². The fourth-order valence-electron chi connectivity index (χ4n) is 1.14. The van der Waals surface area contributed by atoms with E-state index in [2.05, 4.69) is 10.1 Å². The number of methoxy groups -OCH3 is 1. The van der Waals surface area contributed by atoms with Crippen LogP contribution in [0.4, 0.5) is 0 Å². The van der Waals surface area contributed by atoms with E-state index in [4.69, 9.17) is 5.73 Å². The van der Waals surface area contributed by atoms with Crippen LogP contribution >= 0.6 is 0 Å². The van der Waals surface area contributed by atoms with E-state index in [1.54, 1.807) is 13.8 Å². The number of esters is 1. The molecule has 0 spiro atoms. The molecule has 0 fully saturated rings. The Hall–Kier alpha value is -1.43. The van der Waals surface area contributed by atoms with Crippen molar-refractivity contribution in [1.82, 2.24) is 5.32 Å². The number of amides is 1. The molecule has 0 aliphatic heterocycles. The molecule has 0 unspecified atom stereocenters. The van der Waals surface area contributed by atoms with Gasteiger partial charge < -0.3 is 15.8 Å². The molecule has 0 aliphatic rings. The molecule has 0 radical (unpaired) electrons. The van der Waals surface area contributed by atoms with E-state index in [0.29, 0.717) is 0 Å². The second-order valence-corrected chi connectivity index (χ2v) is 3.98. The quantitative estimate of drug-likeness (QED) is 0.594. The molecule has 0 saturated carbocycles. The van der Waals surface area contributed by atoms with E-state index in [1.807, 2.05) is 0 Å². The fourth-order valence-corrected chi connectivity index (χ4v) is 1.14. The van der Waals surface area contributed by atoms with Gasteiger partial charge in [0.25, 0.3) is 0 Å². The topological polar surface area (TPSA) is 98.5 Å². The third kappa shape index (κ3) is 6.68. The summed E-state index contributed by atoms with van der Waals surface area (Å²) in [6, 6.07) is -0.555. The Morgan fingerprint density at radius 2 is 1.88 bits per heavy atom. The summed E-state index contributed by atoms with van der Waals surface area (Å²) >= 11 is 0. The van der Waals surface area contributed by atoms with Crippen LogP contribution in [0.3, 0.4) is 0 Å². The zero-order valence-corrected chi connectivity index (χ0v) is 10.5. The van der Waals surface area contributed by atoms with Gasteiger partial charge in [-0.05, 0) is 6.92 Å². The highest BCUT2D eigenvalue weighted by molar-refractivity contribution is 5.89. The van der Waals surface area contributed by atoms with Crippen molar-refractivity contribution >= 4 is 17.7 Å². The number of nitrogens with two attached hydrogens (primary N) is 1. The first-order valence-electron chi connectivity index (χ1n) is 5.51. The molecule has 0 bridgehead atoms. The van der Waals surface area contributed by atoms with Gasteiger partial charge in [0.2, 0.25) is 5.91 Å². The molecule has 0 aromatic rings. The summed E-state index contributed by atoms with van der Waals surface area (Å²) in [6.07, 6.45) is 0.234. The highest BCUT2D eigenvalue weighted by atomic mass is 16.5. The van der Waals surface area contributed by atoms with Gasteiger partial charge in [0.1, 0.15) is 5.78 Å². The van der Waals surface area contributed by atoms with Crippen molar-refractivity contribution in [1.29, 1.82) is 0 Å². The van der Waals surface area contributed by atoms with Gasteiger partial charge in [-0.2, -0.15) is 0 Å². The molecule has 6 nitrogen and oxygen atoms in total. The van der Waals surface area contributed by atoms with E-state index >= 15 is 0 Å². The summed E-state index contributed by atoms with van der Waals surface area (Å²) in [7, 11) is 1.29. The van der Waals surface area contributed by atoms with Gasteiger partial charge in [-0.25, -0.2) is 0 Å². The molecular formula is C11H20N2O4. The summed E-state index contributed by atoms with van der Waals surface area (Å²) in [6.45, 7) is 3.44. The zero-order chi connectivity index (χ0) is 13.4. The highest BCUT2D eigenvalue weighted by Crippen LogP contribution is 2.04. The molecule has 0 aliphatic carbocycles. The number of ketones is 1. The first-order valence-corrected chi connectivity index (χ1v) is 5.51. The summed E-state index contributed by atoms with van der Waals surface area (Å²) < 4.78 is 4.43. The molecule has 1 amide bonds. The Balaban J connectivity index is 3.90. The lowest BCUT2D eigenvalue weighted by Gasteiger charge is -2.12. The Morgan fingerprint density at radius 3 is 2.35 bits per heavy atom. The van der Waals surface area contributed by atoms with Gasteiger partial charge in [0, 0.05) is 18.9 Å². The maximum absolute atomic E-state index is 11.5. The largest absolute Gasteiger partial charge is 0.469 e. The smallest absolute Gasteiger partial charge is 0.307 e. The second-order valence-electron chi connectivity index (χ2n) is 3.98. The molecule has 0 aromatic heterocycles. The summed E-state index contributed by atoms with van der Waals surface area (Å²) in [5.41, 5.74) is 5.40. The van der Waals surface area contributed by atoms with Crippen LogP contribution in [0.1, 0.15) is 26.7 Å². The fraction of sp³-hybridized carbons (Fsp3) is 0.727. The molecule has 3 N–H and O–H groups in total. The van der Waals surface area contributed by atoms with Crippen molar-refractivity contribution in [3.63, 3.8) is 0 Å². The lowest BCUT2D eigenvalue weighted by atomic mass is 10.0. The number of Topliss-reactive ketones (excluding diaryl/α,β-unsaturated/α-hetero) is 1. The van der Waals surface area contributed by atoms with Crippen LogP contribution in [-0.2, 0) is 19.1 Å². The first-order chi connectivity index (χ1) is 7.88.